The van der Waals surface area contributed by atoms with E-state index < -0.39 is 20.0 Å². The summed E-state index contributed by atoms with van der Waals surface area (Å²) in [6, 6.07) is 12.8. The predicted octanol–water partition coefficient (Wildman–Crippen LogP) is 3.88. The number of rotatable bonds is 6. The molecule has 0 saturated carbocycles. The Labute approximate surface area is 156 Å². The van der Waals surface area contributed by atoms with Gasteiger partial charge in [0.05, 0.1) is 0 Å². The first kappa shape index (κ1) is 19.7. The molecule has 2 aromatic rings. The fourth-order valence-corrected chi connectivity index (χ4v) is 4.37. The van der Waals surface area contributed by atoms with Gasteiger partial charge in [-0.2, -0.15) is 0 Å². The van der Waals surface area contributed by atoms with Gasteiger partial charge in [-0.25, -0.2) is 16.8 Å². The maximum atomic E-state index is 11.9. The highest BCUT2D eigenvalue weighted by atomic mass is 35.5. The van der Waals surface area contributed by atoms with E-state index in [4.69, 9.17) is 23.2 Å². The van der Waals surface area contributed by atoms with Crippen LogP contribution in [0.3, 0.4) is 0 Å². The Kier molecular flexibility index (Phi) is 6.42. The largest absolute Gasteiger partial charge is 0.246 e. The molecule has 0 fully saturated rings. The van der Waals surface area contributed by atoms with E-state index in [1.807, 2.05) is 0 Å². The van der Waals surface area contributed by atoms with Crippen LogP contribution in [0.25, 0.3) is 12.2 Å². The summed E-state index contributed by atoms with van der Waals surface area (Å²) in [7, 11) is -8.37. The zero-order valence-corrected chi connectivity index (χ0v) is 15.8. The van der Waals surface area contributed by atoms with Crippen molar-refractivity contribution in [1.82, 2.24) is 4.13 Å². The quantitative estimate of drug-likeness (QED) is 0.772. The molecule has 0 bridgehead atoms. The summed E-state index contributed by atoms with van der Waals surface area (Å²) in [5.74, 6) is 0. The zero-order valence-electron chi connectivity index (χ0n) is 12.6. The summed E-state index contributed by atoms with van der Waals surface area (Å²) in [4.78, 5) is 0. The predicted molar refractivity (Wildman–Crippen MR) is 102 cm³/mol. The van der Waals surface area contributed by atoms with E-state index in [1.54, 1.807) is 52.7 Å². The molecule has 0 atom stereocenters. The molecule has 0 aliphatic heterocycles. The molecule has 0 unspecified atom stereocenters. The Morgan fingerprint density at radius 3 is 1.28 bits per heavy atom. The smallest absolute Gasteiger partial charge is 0.207 e. The second-order valence-electron chi connectivity index (χ2n) is 4.88. The molecular formula is C16H13Cl2NO4S2. The Morgan fingerprint density at radius 1 is 0.640 bits per heavy atom. The van der Waals surface area contributed by atoms with Crippen LogP contribution in [0.1, 0.15) is 11.1 Å². The summed E-state index contributed by atoms with van der Waals surface area (Å²) < 4.78 is 49.2. The van der Waals surface area contributed by atoms with Crippen molar-refractivity contribution >= 4 is 55.4 Å². The Bertz CT molecular complexity index is 912. The van der Waals surface area contributed by atoms with Crippen molar-refractivity contribution in [1.29, 1.82) is 0 Å². The number of hydrogen-bond donors (Lipinski definition) is 1. The minimum atomic E-state index is -4.18. The van der Waals surface area contributed by atoms with E-state index in [9.17, 15) is 16.8 Å². The van der Waals surface area contributed by atoms with Gasteiger partial charge in [0.25, 0.3) is 0 Å². The molecule has 0 spiro atoms. The number of hydrogen-bond acceptors (Lipinski definition) is 4. The SMILES string of the molecule is O=S(=O)(/C=C/c1ccc(Cl)cc1)NS(=O)(=O)/C=C/c1ccc(Cl)cc1. The summed E-state index contributed by atoms with van der Waals surface area (Å²) in [5.41, 5.74) is 1.12. The van der Waals surface area contributed by atoms with E-state index in [2.05, 4.69) is 0 Å². The standard InChI is InChI=1S/C16H13Cl2NO4S2/c17-15-5-1-13(2-6-15)9-11-24(20,21)19-25(22,23)12-10-14-3-7-16(18)8-4-14/h1-12,19H/b11-9+,12-10+. The third-order valence-corrected chi connectivity index (χ3v) is 6.20. The third-order valence-electron chi connectivity index (χ3n) is 2.85. The van der Waals surface area contributed by atoms with Crippen LogP contribution < -0.4 is 4.13 Å². The second kappa shape index (κ2) is 8.16. The van der Waals surface area contributed by atoms with Gasteiger partial charge >= 0.3 is 0 Å². The maximum Gasteiger partial charge on any atom is 0.246 e. The van der Waals surface area contributed by atoms with Crippen LogP contribution in [0.2, 0.25) is 10.0 Å². The highest BCUT2D eigenvalue weighted by molar-refractivity contribution is 8.07. The maximum absolute atomic E-state index is 11.9. The molecule has 0 saturated heterocycles. The van der Waals surface area contributed by atoms with Gasteiger partial charge in [-0.15, -0.1) is 4.13 Å². The van der Waals surface area contributed by atoms with E-state index >= 15 is 0 Å². The third kappa shape index (κ3) is 7.01. The van der Waals surface area contributed by atoms with Crippen molar-refractivity contribution in [3.63, 3.8) is 0 Å². The lowest BCUT2D eigenvalue weighted by atomic mass is 10.2. The summed E-state index contributed by atoms with van der Waals surface area (Å²) in [6.07, 6.45) is 2.52. The van der Waals surface area contributed by atoms with Gasteiger partial charge in [0.15, 0.2) is 0 Å². The minimum absolute atomic E-state index is 0.507. The normalized spacial score (nSPS) is 12.9. The molecule has 0 heterocycles. The van der Waals surface area contributed by atoms with Crippen LogP contribution in [0.5, 0.6) is 0 Å². The van der Waals surface area contributed by atoms with E-state index in [-0.39, 0.29) is 0 Å². The average Bonchev–Trinajstić information content (AvgIpc) is 2.53. The zero-order chi connectivity index (χ0) is 18.5. The second-order valence-corrected chi connectivity index (χ2v) is 9.15. The highest BCUT2D eigenvalue weighted by Crippen LogP contribution is 2.12. The fraction of sp³-hybridized carbons (Fsp3) is 0. The molecule has 1 N–H and O–H groups in total. The van der Waals surface area contributed by atoms with Crippen LogP contribution in [-0.4, -0.2) is 16.8 Å². The van der Waals surface area contributed by atoms with Crippen molar-refractivity contribution in [3.8, 4) is 0 Å². The summed E-state index contributed by atoms with van der Waals surface area (Å²) in [6.45, 7) is 0. The minimum Gasteiger partial charge on any atom is -0.207 e. The highest BCUT2D eigenvalue weighted by Gasteiger charge is 2.15. The topological polar surface area (TPSA) is 80.3 Å². The molecule has 0 radical (unpaired) electrons. The lowest BCUT2D eigenvalue weighted by Gasteiger charge is -2.01. The average molecular weight is 418 g/mol. The van der Waals surface area contributed by atoms with Crippen molar-refractivity contribution in [3.05, 3.63) is 80.5 Å². The van der Waals surface area contributed by atoms with Crippen molar-refractivity contribution in [2.24, 2.45) is 0 Å². The molecule has 25 heavy (non-hydrogen) atoms. The molecule has 0 aliphatic carbocycles. The van der Waals surface area contributed by atoms with Crippen molar-refractivity contribution in [2.75, 3.05) is 0 Å². The molecule has 9 heteroatoms. The van der Waals surface area contributed by atoms with Crippen LogP contribution >= 0.6 is 23.2 Å². The van der Waals surface area contributed by atoms with Gasteiger partial charge in [-0.3, -0.25) is 0 Å². The van der Waals surface area contributed by atoms with Crippen LogP contribution in [-0.2, 0) is 20.0 Å². The molecule has 5 nitrogen and oxygen atoms in total. The fourth-order valence-electron chi connectivity index (χ4n) is 1.70. The molecule has 0 aromatic heterocycles. The molecular weight excluding hydrogens is 405 g/mol. The monoisotopic (exact) mass is 417 g/mol. The summed E-state index contributed by atoms with van der Waals surface area (Å²) in [5, 5.41) is 2.55. The molecule has 0 amide bonds. The van der Waals surface area contributed by atoms with Gasteiger partial charge in [-0.05, 0) is 47.5 Å². The van der Waals surface area contributed by atoms with Gasteiger partial charge < -0.3 is 0 Å². The Morgan fingerprint density at radius 2 is 0.960 bits per heavy atom. The van der Waals surface area contributed by atoms with Crippen molar-refractivity contribution < 1.29 is 16.8 Å². The number of sulfonamides is 2. The number of halogens is 2. The molecule has 0 aliphatic rings. The first-order valence-corrected chi connectivity index (χ1v) is 10.7. The van der Waals surface area contributed by atoms with Crippen LogP contribution in [0.15, 0.2) is 59.3 Å². The summed E-state index contributed by atoms with van der Waals surface area (Å²) >= 11 is 11.5. The van der Waals surface area contributed by atoms with Gasteiger partial charge in [0.1, 0.15) is 0 Å². The van der Waals surface area contributed by atoms with Crippen LogP contribution in [0.4, 0.5) is 0 Å². The lowest BCUT2D eigenvalue weighted by molar-refractivity contribution is 0.587. The van der Waals surface area contributed by atoms with E-state index in [0.717, 1.165) is 10.8 Å². The Balaban J connectivity index is 2.09. The number of benzene rings is 2. The number of nitrogens with one attached hydrogen (secondary N) is 1. The molecule has 132 valence electrons. The Hall–Kier alpha value is -1.64. The van der Waals surface area contributed by atoms with Gasteiger partial charge in [-0.1, -0.05) is 47.5 Å². The first-order chi connectivity index (χ1) is 11.7. The van der Waals surface area contributed by atoms with E-state index in [1.165, 1.54) is 12.2 Å². The van der Waals surface area contributed by atoms with E-state index in [0.29, 0.717) is 21.2 Å². The molecule has 2 rings (SSSR count). The molecule has 2 aromatic carbocycles. The van der Waals surface area contributed by atoms with Gasteiger partial charge in [0.2, 0.25) is 20.0 Å². The lowest BCUT2D eigenvalue weighted by Crippen LogP contribution is -2.26. The van der Waals surface area contributed by atoms with Crippen LogP contribution in [0, 0.1) is 0 Å². The van der Waals surface area contributed by atoms with Crippen molar-refractivity contribution in [2.45, 2.75) is 0 Å². The first-order valence-electron chi connectivity index (χ1n) is 6.81. The van der Waals surface area contributed by atoms with Gasteiger partial charge in [0, 0.05) is 20.9 Å².